The first kappa shape index (κ1) is 15.5. The van der Waals surface area contributed by atoms with E-state index in [2.05, 4.69) is 4.98 Å². The van der Waals surface area contributed by atoms with Gasteiger partial charge in [-0.3, -0.25) is 9.59 Å². The maximum Gasteiger partial charge on any atom is 0.372 e. The number of carbonyl (C=O) groups is 3. The fraction of sp³-hybridized carbons (Fsp3) is 0.188. The van der Waals surface area contributed by atoms with Crippen LogP contribution in [0.5, 0.6) is 5.75 Å². The lowest BCUT2D eigenvalue weighted by atomic mass is 10.0. The highest BCUT2D eigenvalue weighted by molar-refractivity contribution is 6.37. The van der Waals surface area contributed by atoms with Crippen molar-refractivity contribution in [2.75, 3.05) is 7.11 Å². The van der Waals surface area contributed by atoms with Gasteiger partial charge in [0.25, 0.3) is 0 Å². The molecule has 6 nitrogen and oxygen atoms in total. The summed E-state index contributed by atoms with van der Waals surface area (Å²) in [5.74, 6) is -2.51. The van der Waals surface area contributed by atoms with E-state index in [0.29, 0.717) is 12.0 Å². The van der Waals surface area contributed by atoms with Crippen molar-refractivity contribution in [2.24, 2.45) is 0 Å². The van der Waals surface area contributed by atoms with Crippen molar-refractivity contribution in [1.82, 2.24) is 4.98 Å². The van der Waals surface area contributed by atoms with Crippen molar-refractivity contribution >= 4 is 17.5 Å². The Kier molecular flexibility index (Phi) is 4.73. The van der Waals surface area contributed by atoms with E-state index in [1.54, 1.807) is 19.4 Å². The Morgan fingerprint density at radius 3 is 2.41 bits per heavy atom. The molecule has 2 aromatic rings. The van der Waals surface area contributed by atoms with E-state index in [1.807, 2.05) is 24.3 Å². The molecule has 22 heavy (non-hydrogen) atoms. The van der Waals surface area contributed by atoms with Crippen LogP contribution in [0.3, 0.4) is 0 Å². The first-order chi connectivity index (χ1) is 10.5. The second kappa shape index (κ2) is 6.71. The number of benzene rings is 1. The lowest BCUT2D eigenvalue weighted by Crippen LogP contribution is -2.18. The van der Waals surface area contributed by atoms with Gasteiger partial charge in [0.15, 0.2) is 5.78 Å². The van der Waals surface area contributed by atoms with Crippen molar-refractivity contribution in [3.63, 3.8) is 0 Å². The summed E-state index contributed by atoms with van der Waals surface area (Å²) < 4.78 is 5.08. The van der Waals surface area contributed by atoms with Crippen LogP contribution in [0.4, 0.5) is 0 Å². The Labute approximate surface area is 126 Å². The zero-order valence-corrected chi connectivity index (χ0v) is 12.0. The molecule has 2 rings (SSSR count). The number of nitrogens with one attached hydrogen (secondary N) is 1. The first-order valence-corrected chi connectivity index (χ1v) is 6.59. The maximum atomic E-state index is 12.0. The molecule has 1 heterocycles. The number of aromatic nitrogens is 1. The van der Waals surface area contributed by atoms with E-state index in [-0.39, 0.29) is 5.69 Å². The van der Waals surface area contributed by atoms with E-state index < -0.39 is 24.0 Å². The summed E-state index contributed by atoms with van der Waals surface area (Å²) in [6.45, 7) is 0. The minimum absolute atomic E-state index is 0.269. The lowest BCUT2D eigenvalue weighted by molar-refractivity contribution is -0.148. The van der Waals surface area contributed by atoms with Crippen LogP contribution in [0.2, 0.25) is 0 Å². The number of H-pyrrole nitrogens is 1. The third kappa shape index (κ3) is 3.60. The number of ketones is 2. The molecule has 2 N–H and O–H groups in total. The molecule has 0 saturated heterocycles. The van der Waals surface area contributed by atoms with Gasteiger partial charge in [0.05, 0.1) is 19.2 Å². The normalized spacial score (nSPS) is 10.2. The molecule has 6 heteroatoms. The Hall–Kier alpha value is -2.89. The van der Waals surface area contributed by atoms with E-state index in [4.69, 9.17) is 9.84 Å². The largest absolute Gasteiger partial charge is 0.497 e. The molecule has 0 amide bonds. The Morgan fingerprint density at radius 2 is 1.82 bits per heavy atom. The lowest BCUT2D eigenvalue weighted by Gasteiger charge is -2.05. The highest BCUT2D eigenvalue weighted by Gasteiger charge is 2.20. The molecule has 0 fully saturated rings. The van der Waals surface area contributed by atoms with E-state index in [9.17, 15) is 14.4 Å². The van der Waals surface area contributed by atoms with Gasteiger partial charge in [-0.1, -0.05) is 12.1 Å². The molecule has 0 unspecified atom stereocenters. The predicted molar refractivity (Wildman–Crippen MR) is 78.2 cm³/mol. The summed E-state index contributed by atoms with van der Waals surface area (Å²) >= 11 is 0. The van der Waals surface area contributed by atoms with Gasteiger partial charge in [0, 0.05) is 6.20 Å². The number of Topliss-reactive ketones (excluding diaryl/α,β-unsaturated/α-hetero) is 2. The Morgan fingerprint density at radius 1 is 1.14 bits per heavy atom. The van der Waals surface area contributed by atoms with Gasteiger partial charge < -0.3 is 14.8 Å². The highest BCUT2D eigenvalue weighted by atomic mass is 16.5. The SMILES string of the molecule is COc1ccc(Cc2cc[nH]c2C(=O)CC(=O)C(=O)O)cc1. The zero-order valence-electron chi connectivity index (χ0n) is 12.0. The summed E-state index contributed by atoms with van der Waals surface area (Å²) in [6.07, 6.45) is 1.44. The van der Waals surface area contributed by atoms with Gasteiger partial charge in [0.2, 0.25) is 5.78 Å². The standard InChI is InChI=1S/C16H15NO5/c1-22-12-4-2-10(3-5-12)8-11-6-7-17-15(11)13(18)9-14(19)16(20)21/h2-7,17H,8-9H2,1H3,(H,20,21). The molecular weight excluding hydrogens is 286 g/mol. The molecule has 0 radical (unpaired) electrons. The smallest absolute Gasteiger partial charge is 0.372 e. The molecule has 0 spiro atoms. The van der Waals surface area contributed by atoms with Crippen molar-refractivity contribution in [2.45, 2.75) is 12.8 Å². The second-order valence-corrected chi connectivity index (χ2v) is 4.73. The van der Waals surface area contributed by atoms with Gasteiger partial charge >= 0.3 is 5.97 Å². The van der Waals surface area contributed by atoms with E-state index in [0.717, 1.165) is 11.3 Å². The van der Waals surface area contributed by atoms with Crippen LogP contribution in [0.15, 0.2) is 36.5 Å². The fourth-order valence-electron chi connectivity index (χ4n) is 2.08. The summed E-state index contributed by atoms with van der Waals surface area (Å²) in [5.41, 5.74) is 1.96. The molecule has 0 saturated carbocycles. The van der Waals surface area contributed by atoms with Gasteiger partial charge in [-0.25, -0.2) is 4.79 Å². The number of rotatable bonds is 7. The summed E-state index contributed by atoms with van der Waals surface area (Å²) in [7, 11) is 1.58. The average Bonchev–Trinajstić information content (AvgIpc) is 2.96. The monoisotopic (exact) mass is 301 g/mol. The number of methoxy groups -OCH3 is 1. The minimum atomic E-state index is -1.60. The summed E-state index contributed by atoms with van der Waals surface area (Å²) in [4.78, 5) is 36.4. The van der Waals surface area contributed by atoms with E-state index in [1.165, 1.54) is 0 Å². The Bertz CT molecular complexity index is 700. The van der Waals surface area contributed by atoms with Crippen LogP contribution in [-0.2, 0) is 16.0 Å². The van der Waals surface area contributed by atoms with Crippen LogP contribution < -0.4 is 4.74 Å². The molecule has 1 aromatic carbocycles. The molecule has 0 atom stereocenters. The molecule has 0 bridgehead atoms. The number of carboxylic acid groups (broad SMARTS) is 1. The number of carbonyl (C=O) groups excluding carboxylic acids is 2. The quantitative estimate of drug-likeness (QED) is 0.462. The second-order valence-electron chi connectivity index (χ2n) is 4.73. The number of carboxylic acids is 1. The van der Waals surface area contributed by atoms with E-state index >= 15 is 0 Å². The predicted octanol–water partition coefficient (Wildman–Crippen LogP) is 1.84. The topological polar surface area (TPSA) is 96.5 Å². The third-order valence-electron chi connectivity index (χ3n) is 3.23. The van der Waals surface area contributed by atoms with Crippen molar-refractivity contribution in [3.05, 3.63) is 53.3 Å². The van der Waals surface area contributed by atoms with Crippen LogP contribution in [0, 0.1) is 0 Å². The van der Waals surface area contributed by atoms with Crippen molar-refractivity contribution in [3.8, 4) is 5.75 Å². The average molecular weight is 301 g/mol. The molecule has 114 valence electrons. The fourth-order valence-corrected chi connectivity index (χ4v) is 2.08. The third-order valence-corrected chi connectivity index (χ3v) is 3.23. The number of aliphatic carboxylic acids is 1. The Balaban J connectivity index is 2.13. The summed E-state index contributed by atoms with van der Waals surface area (Å²) in [6, 6.07) is 9.13. The highest BCUT2D eigenvalue weighted by Crippen LogP contribution is 2.18. The summed E-state index contributed by atoms with van der Waals surface area (Å²) in [5, 5.41) is 8.56. The van der Waals surface area contributed by atoms with Gasteiger partial charge in [-0.15, -0.1) is 0 Å². The van der Waals surface area contributed by atoms with Gasteiger partial charge in [-0.05, 0) is 35.7 Å². The van der Waals surface area contributed by atoms with Crippen LogP contribution >= 0.6 is 0 Å². The van der Waals surface area contributed by atoms with Crippen LogP contribution in [0.1, 0.15) is 28.0 Å². The number of aromatic amines is 1. The van der Waals surface area contributed by atoms with Crippen molar-refractivity contribution < 1.29 is 24.2 Å². The molecule has 0 aliphatic rings. The van der Waals surface area contributed by atoms with Gasteiger partial charge in [-0.2, -0.15) is 0 Å². The van der Waals surface area contributed by atoms with Crippen LogP contribution in [-0.4, -0.2) is 34.7 Å². The first-order valence-electron chi connectivity index (χ1n) is 6.59. The maximum absolute atomic E-state index is 12.0. The number of hydrogen-bond acceptors (Lipinski definition) is 4. The molecule has 0 aliphatic carbocycles. The minimum Gasteiger partial charge on any atom is -0.497 e. The molecule has 0 aliphatic heterocycles. The molecular formula is C16H15NO5. The number of ether oxygens (including phenoxy) is 1. The van der Waals surface area contributed by atoms with Crippen LogP contribution in [0.25, 0.3) is 0 Å². The van der Waals surface area contributed by atoms with Crippen molar-refractivity contribution in [1.29, 1.82) is 0 Å². The zero-order chi connectivity index (χ0) is 16.1. The molecule has 1 aromatic heterocycles. The number of hydrogen-bond donors (Lipinski definition) is 2. The van der Waals surface area contributed by atoms with Gasteiger partial charge in [0.1, 0.15) is 5.75 Å².